The standard InChI is InChI=1S/C23H24F3NO/c1-5-7-17-8-6-13-27-21(17)20(14-19(28)15-22(2,3)4)16-9-11-18(12-10-16)23(24,25)26/h6,8-13,20H,14-15H2,1-4H3/t20-/m0/s1. The molecule has 0 fully saturated rings. The summed E-state index contributed by atoms with van der Waals surface area (Å²) in [7, 11) is 0. The fourth-order valence-corrected chi connectivity index (χ4v) is 3.10. The number of pyridine rings is 1. The van der Waals surface area contributed by atoms with Crippen molar-refractivity contribution in [1.82, 2.24) is 4.98 Å². The van der Waals surface area contributed by atoms with Crippen LogP contribution in [0.25, 0.3) is 0 Å². The maximum atomic E-state index is 12.9. The lowest BCUT2D eigenvalue weighted by Crippen LogP contribution is -2.17. The monoisotopic (exact) mass is 387 g/mol. The van der Waals surface area contributed by atoms with Gasteiger partial charge in [0.1, 0.15) is 5.78 Å². The molecule has 0 radical (unpaired) electrons. The van der Waals surface area contributed by atoms with E-state index in [2.05, 4.69) is 16.8 Å². The van der Waals surface area contributed by atoms with Gasteiger partial charge in [0.05, 0.1) is 11.3 Å². The normalized spacial score (nSPS) is 12.8. The quantitative estimate of drug-likeness (QED) is 0.589. The molecule has 0 saturated heterocycles. The van der Waals surface area contributed by atoms with E-state index < -0.39 is 17.7 Å². The number of alkyl halides is 3. The molecule has 5 heteroatoms. The second-order valence-corrected chi connectivity index (χ2v) is 7.96. The molecule has 0 amide bonds. The number of halogens is 3. The molecule has 0 spiro atoms. The molecule has 2 rings (SSSR count). The first kappa shape index (κ1) is 21.7. The third kappa shape index (κ3) is 5.95. The second kappa shape index (κ2) is 8.60. The number of nitrogens with zero attached hydrogens (tertiary/aromatic N) is 1. The predicted molar refractivity (Wildman–Crippen MR) is 104 cm³/mol. The van der Waals surface area contributed by atoms with Gasteiger partial charge < -0.3 is 0 Å². The number of benzene rings is 1. The van der Waals surface area contributed by atoms with Crippen molar-refractivity contribution in [3.63, 3.8) is 0 Å². The fourth-order valence-electron chi connectivity index (χ4n) is 3.10. The van der Waals surface area contributed by atoms with Crippen molar-refractivity contribution in [3.8, 4) is 11.8 Å². The number of hydrogen-bond donors (Lipinski definition) is 0. The van der Waals surface area contributed by atoms with E-state index in [9.17, 15) is 18.0 Å². The maximum absolute atomic E-state index is 12.9. The Morgan fingerprint density at radius 1 is 1.11 bits per heavy atom. The van der Waals surface area contributed by atoms with Crippen LogP contribution in [0, 0.1) is 17.3 Å². The highest BCUT2D eigenvalue weighted by atomic mass is 19.4. The van der Waals surface area contributed by atoms with Gasteiger partial charge in [0.2, 0.25) is 0 Å². The van der Waals surface area contributed by atoms with Crippen LogP contribution in [-0.4, -0.2) is 10.8 Å². The zero-order valence-corrected chi connectivity index (χ0v) is 16.5. The highest BCUT2D eigenvalue weighted by molar-refractivity contribution is 5.80. The Morgan fingerprint density at radius 3 is 2.29 bits per heavy atom. The van der Waals surface area contributed by atoms with E-state index in [1.165, 1.54) is 12.1 Å². The Bertz CT molecular complexity index is 881. The molecule has 0 aliphatic rings. The van der Waals surface area contributed by atoms with Crippen molar-refractivity contribution in [3.05, 3.63) is 65.0 Å². The average Bonchev–Trinajstić information content (AvgIpc) is 2.58. The molecule has 28 heavy (non-hydrogen) atoms. The summed E-state index contributed by atoms with van der Waals surface area (Å²) in [5.41, 5.74) is 1.02. The summed E-state index contributed by atoms with van der Waals surface area (Å²) >= 11 is 0. The molecule has 0 bridgehead atoms. The number of carbonyl (C=O) groups is 1. The smallest absolute Gasteiger partial charge is 0.300 e. The van der Waals surface area contributed by atoms with Crippen molar-refractivity contribution >= 4 is 5.78 Å². The van der Waals surface area contributed by atoms with Crippen LogP contribution in [0.15, 0.2) is 42.6 Å². The van der Waals surface area contributed by atoms with Crippen LogP contribution in [-0.2, 0) is 11.0 Å². The van der Waals surface area contributed by atoms with Gasteiger partial charge in [-0.1, -0.05) is 38.8 Å². The molecule has 0 aliphatic heterocycles. The Kier molecular flexibility index (Phi) is 6.66. The highest BCUT2D eigenvalue weighted by Crippen LogP contribution is 2.34. The van der Waals surface area contributed by atoms with Crippen LogP contribution >= 0.6 is 0 Å². The van der Waals surface area contributed by atoms with E-state index in [4.69, 9.17) is 0 Å². The number of Topliss-reactive ketones (excluding diaryl/α,β-unsaturated/α-hetero) is 1. The molecule has 1 aromatic heterocycles. The van der Waals surface area contributed by atoms with Crippen LogP contribution < -0.4 is 0 Å². The minimum absolute atomic E-state index is 0.0402. The van der Waals surface area contributed by atoms with Gasteiger partial charge in [0, 0.05) is 30.5 Å². The molecule has 0 N–H and O–H groups in total. The lowest BCUT2D eigenvalue weighted by molar-refractivity contribution is -0.137. The van der Waals surface area contributed by atoms with Crippen molar-refractivity contribution < 1.29 is 18.0 Å². The zero-order chi connectivity index (χ0) is 20.9. The summed E-state index contributed by atoms with van der Waals surface area (Å²) < 4.78 is 38.8. The van der Waals surface area contributed by atoms with Crippen LogP contribution in [0.3, 0.4) is 0 Å². The molecule has 0 saturated carbocycles. The van der Waals surface area contributed by atoms with Gasteiger partial charge in [-0.2, -0.15) is 13.2 Å². The first-order valence-corrected chi connectivity index (χ1v) is 9.08. The Labute approximate surface area is 164 Å². The van der Waals surface area contributed by atoms with E-state index in [1.807, 2.05) is 26.8 Å². The van der Waals surface area contributed by atoms with Gasteiger partial charge in [-0.25, -0.2) is 0 Å². The molecule has 1 aromatic carbocycles. The topological polar surface area (TPSA) is 30.0 Å². The average molecular weight is 387 g/mol. The predicted octanol–water partition coefficient (Wildman–Crippen LogP) is 6.00. The van der Waals surface area contributed by atoms with E-state index in [-0.39, 0.29) is 17.6 Å². The summed E-state index contributed by atoms with van der Waals surface area (Å²) in [6.07, 6.45) is -2.24. The van der Waals surface area contributed by atoms with Gasteiger partial charge >= 0.3 is 6.18 Å². The Morgan fingerprint density at radius 2 is 1.75 bits per heavy atom. The fraction of sp³-hybridized carbons (Fsp3) is 0.391. The second-order valence-electron chi connectivity index (χ2n) is 7.96. The first-order valence-electron chi connectivity index (χ1n) is 9.08. The first-order chi connectivity index (χ1) is 13.0. The van der Waals surface area contributed by atoms with Crippen LogP contribution in [0.4, 0.5) is 13.2 Å². The molecule has 148 valence electrons. The lowest BCUT2D eigenvalue weighted by atomic mass is 9.83. The zero-order valence-electron chi connectivity index (χ0n) is 16.5. The van der Waals surface area contributed by atoms with Gasteiger partial charge in [-0.15, -0.1) is 5.92 Å². The molecule has 2 aromatic rings. The maximum Gasteiger partial charge on any atom is 0.416 e. The van der Waals surface area contributed by atoms with E-state index >= 15 is 0 Å². The van der Waals surface area contributed by atoms with Crippen LogP contribution in [0.5, 0.6) is 0 Å². The van der Waals surface area contributed by atoms with Gasteiger partial charge in [-0.3, -0.25) is 9.78 Å². The summed E-state index contributed by atoms with van der Waals surface area (Å²) in [6, 6.07) is 8.51. The largest absolute Gasteiger partial charge is 0.416 e. The van der Waals surface area contributed by atoms with E-state index in [1.54, 1.807) is 19.2 Å². The molecule has 0 unspecified atom stereocenters. The van der Waals surface area contributed by atoms with E-state index in [0.717, 1.165) is 12.1 Å². The number of hydrogen-bond acceptors (Lipinski definition) is 2. The third-order valence-corrected chi connectivity index (χ3v) is 4.23. The number of aromatic nitrogens is 1. The number of rotatable bonds is 5. The van der Waals surface area contributed by atoms with Crippen molar-refractivity contribution in [2.45, 2.75) is 52.6 Å². The minimum atomic E-state index is -4.40. The lowest BCUT2D eigenvalue weighted by Gasteiger charge is -2.22. The van der Waals surface area contributed by atoms with E-state index in [0.29, 0.717) is 23.2 Å². The molecular formula is C23H24F3NO. The molecule has 2 nitrogen and oxygen atoms in total. The van der Waals surface area contributed by atoms with Crippen LogP contribution in [0.2, 0.25) is 0 Å². The van der Waals surface area contributed by atoms with Gasteiger partial charge in [-0.05, 0) is 42.2 Å². The Hall–Kier alpha value is -2.61. The molecule has 0 aliphatic carbocycles. The van der Waals surface area contributed by atoms with Crippen LogP contribution in [0.1, 0.15) is 68.8 Å². The summed E-state index contributed by atoms with van der Waals surface area (Å²) in [6.45, 7) is 7.64. The molecular weight excluding hydrogens is 363 g/mol. The summed E-state index contributed by atoms with van der Waals surface area (Å²) in [5.74, 6) is 5.40. The van der Waals surface area contributed by atoms with Gasteiger partial charge in [0.25, 0.3) is 0 Å². The number of ketones is 1. The third-order valence-electron chi connectivity index (χ3n) is 4.23. The molecule has 1 heterocycles. The minimum Gasteiger partial charge on any atom is -0.300 e. The molecule has 1 atom stereocenters. The van der Waals surface area contributed by atoms with Crippen molar-refractivity contribution in [2.75, 3.05) is 0 Å². The van der Waals surface area contributed by atoms with Crippen molar-refractivity contribution in [1.29, 1.82) is 0 Å². The van der Waals surface area contributed by atoms with Gasteiger partial charge in [0.15, 0.2) is 0 Å². The Balaban J connectivity index is 2.47. The summed E-state index contributed by atoms with van der Waals surface area (Å²) in [4.78, 5) is 17.1. The highest BCUT2D eigenvalue weighted by Gasteiger charge is 2.31. The number of carbonyl (C=O) groups excluding carboxylic acids is 1. The SMILES string of the molecule is CC#Cc1cccnc1[C@@H](CC(=O)CC(C)(C)C)c1ccc(C(F)(F)F)cc1. The summed E-state index contributed by atoms with van der Waals surface area (Å²) in [5, 5.41) is 0. The van der Waals surface area contributed by atoms with Crippen molar-refractivity contribution in [2.24, 2.45) is 5.41 Å².